The molecule has 0 heterocycles. The van der Waals surface area contributed by atoms with Crippen LogP contribution in [0.4, 0.5) is 0 Å². The predicted octanol–water partition coefficient (Wildman–Crippen LogP) is 7.44. The van der Waals surface area contributed by atoms with Crippen LogP contribution < -0.4 is 0 Å². The van der Waals surface area contributed by atoms with Crippen LogP contribution in [-0.2, 0) is 5.41 Å². The summed E-state index contributed by atoms with van der Waals surface area (Å²) in [6.45, 7) is 13.2. The highest BCUT2D eigenvalue weighted by Crippen LogP contribution is 2.31. The largest absolute Gasteiger partial charge is 0.0622 e. The molecule has 0 fully saturated rings. The third-order valence-corrected chi connectivity index (χ3v) is 5.01. The Morgan fingerprint density at radius 3 is 1.46 bits per heavy atom. The smallest absolute Gasteiger partial charge is 0.0146 e. The minimum Gasteiger partial charge on any atom is -0.0622 e. The fourth-order valence-electron chi connectivity index (χ4n) is 2.94. The highest BCUT2D eigenvalue weighted by Gasteiger charge is 2.22. The van der Waals surface area contributed by atoms with Gasteiger partial charge in [0, 0.05) is 5.41 Å². The van der Waals surface area contributed by atoms with E-state index in [0.717, 1.165) is 0 Å². The van der Waals surface area contributed by atoms with Crippen LogP contribution >= 0.6 is 0 Å². The monoisotopic (exact) mass is 344 g/mol. The Hall–Kier alpha value is -2.34. The zero-order valence-corrected chi connectivity index (χ0v) is 17.1. The van der Waals surface area contributed by atoms with E-state index in [9.17, 15) is 0 Å². The van der Waals surface area contributed by atoms with Gasteiger partial charge in [0.2, 0.25) is 0 Å². The van der Waals surface area contributed by atoms with Crippen molar-refractivity contribution in [3.05, 3.63) is 107 Å². The Bertz CT molecular complexity index is 776. The van der Waals surface area contributed by atoms with E-state index in [2.05, 4.69) is 120 Å². The molecular formula is C26H32. The molecule has 0 nitrogen and oxygen atoms in total. The lowest BCUT2D eigenvalue weighted by molar-refractivity contribution is 0.640. The molecule has 3 rings (SSSR count). The van der Waals surface area contributed by atoms with Gasteiger partial charge in [0.1, 0.15) is 0 Å². The van der Waals surface area contributed by atoms with Crippen LogP contribution in [0.25, 0.3) is 0 Å². The standard InChI is InChI=1S/C16H18.C10H14/c1-13-9-11-15(12-10-13)16(2,3)14-7-5-4-6-8-14;1-8(2)10-6-4-9(3)5-7-10/h4-12H,1-3H3;4-8H,1-3H3. The first-order valence-corrected chi connectivity index (χ1v) is 9.50. The Morgan fingerprint density at radius 2 is 1.00 bits per heavy atom. The number of rotatable bonds is 3. The molecule has 0 saturated carbocycles. The fraction of sp³-hybridized carbons (Fsp3) is 0.308. The maximum Gasteiger partial charge on any atom is 0.0146 e. The van der Waals surface area contributed by atoms with Crippen molar-refractivity contribution >= 4 is 0 Å². The summed E-state index contributed by atoms with van der Waals surface area (Å²) < 4.78 is 0. The summed E-state index contributed by atoms with van der Waals surface area (Å²) in [5.41, 5.74) is 6.88. The van der Waals surface area contributed by atoms with Crippen LogP contribution in [0.1, 0.15) is 61.4 Å². The van der Waals surface area contributed by atoms with Crippen molar-refractivity contribution in [1.29, 1.82) is 0 Å². The van der Waals surface area contributed by atoms with E-state index in [4.69, 9.17) is 0 Å². The summed E-state index contributed by atoms with van der Waals surface area (Å²) >= 11 is 0. The van der Waals surface area contributed by atoms with Crippen molar-refractivity contribution in [1.82, 2.24) is 0 Å². The zero-order valence-electron chi connectivity index (χ0n) is 17.1. The number of hydrogen-bond donors (Lipinski definition) is 0. The first-order valence-electron chi connectivity index (χ1n) is 9.50. The summed E-state index contributed by atoms with van der Waals surface area (Å²) in [5, 5.41) is 0. The summed E-state index contributed by atoms with van der Waals surface area (Å²) in [6, 6.07) is 28.2. The first-order chi connectivity index (χ1) is 12.3. The number of hydrogen-bond acceptors (Lipinski definition) is 0. The lowest BCUT2D eigenvalue weighted by atomic mass is 9.78. The molecule has 0 spiro atoms. The average Bonchev–Trinajstić information content (AvgIpc) is 2.64. The normalized spacial score (nSPS) is 11.0. The molecule has 0 aliphatic heterocycles. The molecule has 0 radical (unpaired) electrons. The predicted molar refractivity (Wildman–Crippen MR) is 115 cm³/mol. The molecule has 0 heteroatoms. The van der Waals surface area contributed by atoms with Crippen LogP contribution in [0.5, 0.6) is 0 Å². The van der Waals surface area contributed by atoms with Gasteiger partial charge >= 0.3 is 0 Å². The summed E-state index contributed by atoms with van der Waals surface area (Å²) in [5.74, 6) is 0.653. The maximum atomic E-state index is 2.27. The van der Waals surface area contributed by atoms with Gasteiger partial charge in [-0.05, 0) is 36.5 Å². The number of benzene rings is 3. The van der Waals surface area contributed by atoms with Gasteiger partial charge in [0.25, 0.3) is 0 Å². The first kappa shape index (κ1) is 20.0. The van der Waals surface area contributed by atoms with Crippen molar-refractivity contribution in [2.45, 2.75) is 52.9 Å². The van der Waals surface area contributed by atoms with Crippen LogP contribution in [0, 0.1) is 13.8 Å². The number of aryl methyl sites for hydroxylation is 2. The SMILES string of the molecule is Cc1ccc(C(C)(C)c2ccccc2)cc1.Cc1ccc(C(C)C)cc1. The summed E-state index contributed by atoms with van der Waals surface area (Å²) in [7, 11) is 0. The van der Waals surface area contributed by atoms with Gasteiger partial charge in [-0.15, -0.1) is 0 Å². The fourth-order valence-corrected chi connectivity index (χ4v) is 2.94. The van der Waals surface area contributed by atoms with E-state index in [1.54, 1.807) is 0 Å². The molecule has 0 aromatic heterocycles. The van der Waals surface area contributed by atoms with Gasteiger partial charge in [-0.1, -0.05) is 118 Å². The Balaban J connectivity index is 0.000000209. The third-order valence-electron chi connectivity index (χ3n) is 5.01. The molecule has 0 bridgehead atoms. The molecular weight excluding hydrogens is 312 g/mol. The van der Waals surface area contributed by atoms with Crippen LogP contribution in [0.15, 0.2) is 78.9 Å². The van der Waals surface area contributed by atoms with Crippen molar-refractivity contribution < 1.29 is 0 Å². The minimum absolute atomic E-state index is 0.0783. The van der Waals surface area contributed by atoms with E-state index in [-0.39, 0.29) is 5.41 Å². The van der Waals surface area contributed by atoms with E-state index >= 15 is 0 Å². The van der Waals surface area contributed by atoms with Gasteiger partial charge in [-0.25, -0.2) is 0 Å². The molecule has 26 heavy (non-hydrogen) atoms. The lowest BCUT2D eigenvalue weighted by Crippen LogP contribution is -2.18. The van der Waals surface area contributed by atoms with Gasteiger partial charge in [0.15, 0.2) is 0 Å². The van der Waals surface area contributed by atoms with Crippen LogP contribution in [0.3, 0.4) is 0 Å². The van der Waals surface area contributed by atoms with Gasteiger partial charge in [0.05, 0.1) is 0 Å². The third kappa shape index (κ3) is 5.33. The van der Waals surface area contributed by atoms with Gasteiger partial charge in [-0.3, -0.25) is 0 Å². The van der Waals surface area contributed by atoms with Gasteiger partial charge < -0.3 is 0 Å². The average molecular weight is 345 g/mol. The van der Waals surface area contributed by atoms with Crippen LogP contribution in [0.2, 0.25) is 0 Å². The lowest BCUT2D eigenvalue weighted by Gasteiger charge is -2.26. The Morgan fingerprint density at radius 1 is 0.577 bits per heavy atom. The quantitative estimate of drug-likeness (QED) is 0.463. The maximum absolute atomic E-state index is 2.27. The molecule has 136 valence electrons. The van der Waals surface area contributed by atoms with Crippen molar-refractivity contribution in [3.63, 3.8) is 0 Å². The van der Waals surface area contributed by atoms with E-state index in [1.807, 2.05) is 0 Å². The second kappa shape index (κ2) is 8.85. The second-order valence-electron chi connectivity index (χ2n) is 7.92. The highest BCUT2D eigenvalue weighted by molar-refractivity contribution is 5.38. The summed E-state index contributed by atoms with van der Waals surface area (Å²) in [4.78, 5) is 0. The minimum atomic E-state index is 0.0783. The molecule has 0 saturated heterocycles. The Kier molecular flexibility index (Phi) is 6.80. The van der Waals surface area contributed by atoms with Crippen molar-refractivity contribution in [2.24, 2.45) is 0 Å². The van der Waals surface area contributed by atoms with Crippen molar-refractivity contribution in [2.75, 3.05) is 0 Å². The van der Waals surface area contributed by atoms with Crippen molar-refractivity contribution in [3.8, 4) is 0 Å². The molecule has 0 N–H and O–H groups in total. The molecule has 3 aromatic carbocycles. The molecule has 3 aromatic rings. The molecule has 0 aliphatic carbocycles. The Labute approximate surface area is 159 Å². The molecule has 0 aliphatic rings. The van der Waals surface area contributed by atoms with Crippen LogP contribution in [-0.4, -0.2) is 0 Å². The van der Waals surface area contributed by atoms with Gasteiger partial charge in [-0.2, -0.15) is 0 Å². The molecule has 0 amide bonds. The second-order valence-corrected chi connectivity index (χ2v) is 7.92. The highest BCUT2D eigenvalue weighted by atomic mass is 14.3. The van der Waals surface area contributed by atoms with E-state index < -0.39 is 0 Å². The van der Waals surface area contributed by atoms with E-state index in [0.29, 0.717) is 5.92 Å². The summed E-state index contributed by atoms with van der Waals surface area (Å²) in [6.07, 6.45) is 0. The molecule has 0 atom stereocenters. The molecule has 0 unspecified atom stereocenters. The zero-order chi connectivity index (χ0) is 19.2. The topological polar surface area (TPSA) is 0 Å². The van der Waals surface area contributed by atoms with E-state index in [1.165, 1.54) is 27.8 Å².